The third-order valence-corrected chi connectivity index (χ3v) is 0. The van der Waals surface area contributed by atoms with E-state index in [-0.39, 0.29) is 77.9 Å². The van der Waals surface area contributed by atoms with Crippen molar-refractivity contribution < 1.29 is 36.6 Å². The molecule has 0 saturated carbocycles. The van der Waals surface area contributed by atoms with Gasteiger partial charge in [0.25, 0.3) is 0 Å². The number of hydrogen-bond donors (Lipinski definition) is 0. The number of hydrogen-bond acceptors (Lipinski definition) is 1. The molecule has 0 fully saturated rings. The van der Waals surface area contributed by atoms with Crippen molar-refractivity contribution in [3.63, 3.8) is 0 Å². The Morgan fingerprint density at radius 1 is 1.20 bits per heavy atom. The van der Waals surface area contributed by atoms with Crippen LogP contribution in [-0.2, 0) is 36.6 Å². The second-order valence-corrected chi connectivity index (χ2v) is 0. The molecule has 0 rings (SSSR count). The van der Waals surface area contributed by atoms with E-state index in [9.17, 15) is 0 Å². The minimum atomic E-state index is 0. The Morgan fingerprint density at radius 3 is 1.20 bits per heavy atom. The van der Waals surface area contributed by atoms with E-state index in [0.717, 1.165) is 0 Å². The molecule has 0 aromatic heterocycles. The molecule has 0 heterocycles. The van der Waals surface area contributed by atoms with Crippen LogP contribution < -0.4 is 0 Å². The van der Waals surface area contributed by atoms with Gasteiger partial charge in [0.1, 0.15) is 0 Å². The van der Waals surface area contributed by atoms with Crippen molar-refractivity contribution >= 4 is 60.8 Å². The summed E-state index contributed by atoms with van der Waals surface area (Å²) in [5.41, 5.74) is 0. The molecule has 0 aromatic rings. The molecule has 30 valence electrons. The van der Waals surface area contributed by atoms with Crippen LogP contribution in [0, 0.1) is 0 Å². The zero-order chi connectivity index (χ0) is 2.00. The molecule has 0 amide bonds. The summed E-state index contributed by atoms with van der Waals surface area (Å²) in [4.78, 5) is 0. The van der Waals surface area contributed by atoms with Crippen molar-refractivity contribution in [1.29, 1.82) is 0 Å². The summed E-state index contributed by atoms with van der Waals surface area (Å²) in [7, 11) is 0. The average molecular weight is 203 g/mol. The van der Waals surface area contributed by atoms with E-state index in [1.807, 2.05) is 0 Å². The molecule has 0 aliphatic carbocycles. The molecule has 0 bridgehead atoms. The minimum absolute atomic E-state index is 0. The van der Waals surface area contributed by atoms with Crippen LogP contribution in [0.3, 0.4) is 0 Å². The van der Waals surface area contributed by atoms with E-state index >= 15 is 0 Å². The molecular formula is CaCoCuMgO. The summed E-state index contributed by atoms with van der Waals surface area (Å²) in [6.07, 6.45) is 0. The molecule has 5 radical (unpaired) electrons. The summed E-state index contributed by atoms with van der Waals surface area (Å²) in [6, 6.07) is 0. The van der Waals surface area contributed by atoms with Gasteiger partial charge in [0.05, 0.1) is 0 Å². The fourth-order valence-electron chi connectivity index (χ4n) is 0. The molecule has 0 aliphatic heterocycles. The van der Waals surface area contributed by atoms with Gasteiger partial charge in [-0.1, -0.05) is 0 Å². The zero-order valence-corrected chi connectivity index (χ0v) is 8.06. The molecule has 0 saturated heterocycles. The van der Waals surface area contributed by atoms with Crippen molar-refractivity contribution in [2.45, 2.75) is 0 Å². The van der Waals surface area contributed by atoms with Crippen molar-refractivity contribution in [3.05, 3.63) is 0 Å². The van der Waals surface area contributed by atoms with Gasteiger partial charge in [-0.3, -0.25) is 0 Å². The van der Waals surface area contributed by atoms with Crippen molar-refractivity contribution in [2.24, 2.45) is 0 Å². The van der Waals surface area contributed by atoms with E-state index in [1.54, 1.807) is 0 Å². The first-order valence-electron chi connectivity index (χ1n) is 0.136. The first kappa shape index (κ1) is 24.8. The first-order valence-corrected chi connectivity index (χ1v) is 0.561. The van der Waals surface area contributed by atoms with Gasteiger partial charge >= 0.3 is 19.5 Å². The molecule has 0 atom stereocenters. The van der Waals surface area contributed by atoms with Gasteiger partial charge in [0.2, 0.25) is 0 Å². The quantitative estimate of drug-likeness (QED) is 0.467. The van der Waals surface area contributed by atoms with Gasteiger partial charge in [-0.15, -0.1) is 0 Å². The fourth-order valence-corrected chi connectivity index (χ4v) is 0. The van der Waals surface area contributed by atoms with Crippen LogP contribution in [0.4, 0.5) is 0 Å². The van der Waals surface area contributed by atoms with Gasteiger partial charge in [-0.05, 0) is 0 Å². The summed E-state index contributed by atoms with van der Waals surface area (Å²) in [6.45, 7) is 0. The topological polar surface area (TPSA) is 17.1 Å². The van der Waals surface area contributed by atoms with Crippen LogP contribution >= 0.6 is 0 Å². The van der Waals surface area contributed by atoms with E-state index < -0.39 is 0 Å². The zero-order valence-electron chi connectivity index (χ0n) is 2.46. The van der Waals surface area contributed by atoms with Crippen LogP contribution in [0.25, 0.3) is 0 Å². The van der Waals surface area contributed by atoms with Crippen LogP contribution in [0.5, 0.6) is 0 Å². The molecule has 0 N–H and O–H groups in total. The third-order valence-electron chi connectivity index (χ3n) is 0. The normalized spacial score (nSPS) is 1.00. The van der Waals surface area contributed by atoms with Crippen LogP contribution in [0.1, 0.15) is 0 Å². The van der Waals surface area contributed by atoms with E-state index in [2.05, 4.69) is 15.7 Å². The maximum atomic E-state index is 7.94. The summed E-state index contributed by atoms with van der Waals surface area (Å²) in [5, 5.41) is 0. The van der Waals surface area contributed by atoms with Crippen LogP contribution in [0.15, 0.2) is 0 Å². The Labute approximate surface area is 95.4 Å². The van der Waals surface area contributed by atoms with Crippen molar-refractivity contribution in [2.75, 3.05) is 0 Å². The van der Waals surface area contributed by atoms with E-state index in [1.165, 1.54) is 0 Å². The summed E-state index contributed by atoms with van der Waals surface area (Å²) < 4.78 is 7.94. The Bertz CT molecular complexity index is 11.6. The Hall–Kier alpha value is 2.85. The van der Waals surface area contributed by atoms with E-state index in [0.29, 0.717) is 0 Å². The first-order chi connectivity index (χ1) is 1.00. The maximum absolute atomic E-state index is 7.94. The second kappa shape index (κ2) is 28.8. The predicted octanol–water partition coefficient (Wildman–Crippen LogP) is -0.885. The molecule has 0 spiro atoms. The number of rotatable bonds is 0. The Balaban J connectivity index is -0.00000000167. The predicted molar refractivity (Wildman–Crippen MR) is 12.2 cm³/mol. The van der Waals surface area contributed by atoms with Gasteiger partial charge in [-0.25, -0.2) is 0 Å². The molecule has 1 nitrogen and oxygen atoms in total. The average Bonchev–Trinajstić information content (AvgIpc) is 1.00. The fraction of sp³-hybridized carbons (Fsp3) is 0. The van der Waals surface area contributed by atoms with Crippen molar-refractivity contribution in [3.8, 4) is 0 Å². The molecule has 0 aliphatic rings. The second-order valence-electron chi connectivity index (χ2n) is 0. The van der Waals surface area contributed by atoms with Crippen LogP contribution in [0.2, 0.25) is 0 Å². The third kappa shape index (κ3) is 19.8. The molecule has 0 aromatic carbocycles. The molecule has 0 unspecified atom stereocenters. The van der Waals surface area contributed by atoms with Crippen LogP contribution in [-0.4, -0.2) is 60.8 Å². The molecule has 5 heavy (non-hydrogen) atoms. The van der Waals surface area contributed by atoms with Crippen molar-refractivity contribution in [1.82, 2.24) is 0 Å². The monoisotopic (exact) mass is 202 g/mol. The standard InChI is InChI=1S/Ca.Co.Cu.Mg.O. The van der Waals surface area contributed by atoms with Gasteiger partial charge < -0.3 is 0 Å². The Morgan fingerprint density at radius 2 is 1.20 bits per heavy atom. The SMILES string of the molecule is [Ca].[Cu].[Mg].[O]=[Co]. The summed E-state index contributed by atoms with van der Waals surface area (Å²) in [5.74, 6) is 0. The van der Waals surface area contributed by atoms with Gasteiger partial charge in [0, 0.05) is 77.9 Å². The Kier molecular flexibility index (Phi) is 143. The molecule has 5 heteroatoms. The van der Waals surface area contributed by atoms with E-state index in [4.69, 9.17) is 3.87 Å². The van der Waals surface area contributed by atoms with Gasteiger partial charge in [0.15, 0.2) is 0 Å². The molecular weight excluding hydrogens is 203 g/mol. The summed E-state index contributed by atoms with van der Waals surface area (Å²) >= 11 is 2.31. The van der Waals surface area contributed by atoms with Gasteiger partial charge in [-0.2, -0.15) is 0 Å².